The molecule has 1 saturated heterocycles. The summed E-state index contributed by atoms with van der Waals surface area (Å²) in [6, 6.07) is 0. The van der Waals surface area contributed by atoms with Crippen molar-refractivity contribution in [3.8, 4) is 0 Å². The minimum absolute atomic E-state index is 0.362. The predicted molar refractivity (Wildman–Crippen MR) is 57.2 cm³/mol. The summed E-state index contributed by atoms with van der Waals surface area (Å²) in [5, 5.41) is 0. The normalized spacial score (nSPS) is 21.0. The van der Waals surface area contributed by atoms with Gasteiger partial charge in [-0.1, -0.05) is 0 Å². The highest BCUT2D eigenvalue weighted by Gasteiger charge is 2.14. The Bertz CT molecular complexity index is 135. The lowest BCUT2D eigenvalue weighted by molar-refractivity contribution is -0.00749. The Morgan fingerprint density at radius 3 is 2.79 bits per heavy atom. The molecule has 0 saturated carbocycles. The van der Waals surface area contributed by atoms with Gasteiger partial charge in [0, 0.05) is 19.8 Å². The van der Waals surface area contributed by atoms with E-state index in [0.29, 0.717) is 12.0 Å². The fourth-order valence-electron chi connectivity index (χ4n) is 1.70. The van der Waals surface area contributed by atoms with Gasteiger partial charge in [-0.2, -0.15) is 0 Å². The molecule has 0 aliphatic carbocycles. The average molecular weight is 201 g/mol. The zero-order valence-corrected chi connectivity index (χ0v) is 9.21. The number of hydrogen-bond donors (Lipinski definition) is 1. The molecule has 0 radical (unpaired) electrons. The standard InChI is InChI=1S/C11H23NO2/c1-10(3-2-6-12)14-9-11-4-7-13-8-5-11/h10-11H,2-9,12H2,1H3. The van der Waals surface area contributed by atoms with Crippen LogP contribution in [0.4, 0.5) is 0 Å². The minimum atomic E-state index is 0.362. The molecule has 14 heavy (non-hydrogen) atoms. The first-order valence-electron chi connectivity index (χ1n) is 5.72. The van der Waals surface area contributed by atoms with Gasteiger partial charge in [0.1, 0.15) is 0 Å². The van der Waals surface area contributed by atoms with Gasteiger partial charge < -0.3 is 15.2 Å². The molecule has 1 aliphatic heterocycles. The van der Waals surface area contributed by atoms with E-state index in [1.807, 2.05) is 0 Å². The third kappa shape index (κ3) is 4.94. The monoisotopic (exact) mass is 201 g/mol. The molecule has 1 aliphatic rings. The third-order valence-electron chi connectivity index (χ3n) is 2.77. The van der Waals surface area contributed by atoms with Gasteiger partial charge in [-0.25, -0.2) is 0 Å². The molecule has 84 valence electrons. The van der Waals surface area contributed by atoms with E-state index in [2.05, 4.69) is 6.92 Å². The van der Waals surface area contributed by atoms with Crippen LogP contribution in [0.3, 0.4) is 0 Å². The molecule has 1 rings (SSSR count). The highest BCUT2D eigenvalue weighted by atomic mass is 16.5. The van der Waals surface area contributed by atoms with Gasteiger partial charge in [-0.15, -0.1) is 0 Å². The van der Waals surface area contributed by atoms with Crippen molar-refractivity contribution in [1.82, 2.24) is 0 Å². The largest absolute Gasteiger partial charge is 0.381 e. The fraction of sp³-hybridized carbons (Fsp3) is 1.00. The van der Waals surface area contributed by atoms with Crippen molar-refractivity contribution in [2.45, 2.75) is 38.7 Å². The van der Waals surface area contributed by atoms with Crippen molar-refractivity contribution in [1.29, 1.82) is 0 Å². The minimum Gasteiger partial charge on any atom is -0.381 e. The molecule has 0 spiro atoms. The molecule has 2 N–H and O–H groups in total. The summed E-state index contributed by atoms with van der Waals surface area (Å²) in [4.78, 5) is 0. The second-order valence-corrected chi connectivity index (χ2v) is 4.13. The highest BCUT2D eigenvalue weighted by Crippen LogP contribution is 2.16. The van der Waals surface area contributed by atoms with Crippen LogP contribution in [0.2, 0.25) is 0 Å². The molecule has 0 aromatic heterocycles. The zero-order valence-electron chi connectivity index (χ0n) is 9.21. The Morgan fingerprint density at radius 2 is 2.14 bits per heavy atom. The maximum Gasteiger partial charge on any atom is 0.0547 e. The van der Waals surface area contributed by atoms with E-state index in [9.17, 15) is 0 Å². The Morgan fingerprint density at radius 1 is 1.43 bits per heavy atom. The average Bonchev–Trinajstić information content (AvgIpc) is 2.25. The lowest BCUT2D eigenvalue weighted by Gasteiger charge is -2.23. The molecule has 3 nitrogen and oxygen atoms in total. The SMILES string of the molecule is CC(CCCN)OCC1CCOCC1. The van der Waals surface area contributed by atoms with E-state index >= 15 is 0 Å². The summed E-state index contributed by atoms with van der Waals surface area (Å²) >= 11 is 0. The quantitative estimate of drug-likeness (QED) is 0.709. The van der Waals surface area contributed by atoms with Crippen LogP contribution in [0.15, 0.2) is 0 Å². The van der Waals surface area contributed by atoms with Gasteiger partial charge in [-0.05, 0) is 45.1 Å². The zero-order chi connectivity index (χ0) is 10.2. The Kier molecular flexibility index (Phi) is 6.15. The van der Waals surface area contributed by atoms with Gasteiger partial charge in [0.2, 0.25) is 0 Å². The molecule has 1 heterocycles. The molecule has 0 aromatic rings. The van der Waals surface area contributed by atoms with E-state index < -0.39 is 0 Å². The first-order valence-corrected chi connectivity index (χ1v) is 5.72. The summed E-state index contributed by atoms with van der Waals surface area (Å²) in [5.74, 6) is 0.712. The van der Waals surface area contributed by atoms with E-state index in [1.54, 1.807) is 0 Å². The van der Waals surface area contributed by atoms with Crippen molar-refractivity contribution >= 4 is 0 Å². The topological polar surface area (TPSA) is 44.5 Å². The van der Waals surface area contributed by atoms with Gasteiger partial charge >= 0.3 is 0 Å². The maximum absolute atomic E-state index is 5.77. The van der Waals surface area contributed by atoms with Crippen LogP contribution in [0, 0.1) is 5.92 Å². The predicted octanol–water partition coefficient (Wildman–Crippen LogP) is 1.56. The Balaban J connectivity index is 2.00. The summed E-state index contributed by atoms with van der Waals surface area (Å²) in [5.41, 5.74) is 5.44. The second-order valence-electron chi connectivity index (χ2n) is 4.13. The van der Waals surface area contributed by atoms with E-state index in [-0.39, 0.29) is 0 Å². The van der Waals surface area contributed by atoms with Crippen molar-refractivity contribution in [2.75, 3.05) is 26.4 Å². The van der Waals surface area contributed by atoms with Crippen LogP contribution in [-0.4, -0.2) is 32.5 Å². The third-order valence-corrected chi connectivity index (χ3v) is 2.77. The van der Waals surface area contributed by atoms with E-state index in [0.717, 1.165) is 52.0 Å². The van der Waals surface area contributed by atoms with Crippen LogP contribution in [-0.2, 0) is 9.47 Å². The van der Waals surface area contributed by atoms with Gasteiger partial charge in [0.05, 0.1) is 6.10 Å². The molecule has 1 unspecified atom stereocenters. The number of hydrogen-bond acceptors (Lipinski definition) is 3. The van der Waals surface area contributed by atoms with E-state index in [4.69, 9.17) is 15.2 Å². The number of ether oxygens (including phenoxy) is 2. The van der Waals surface area contributed by atoms with Gasteiger partial charge in [0.25, 0.3) is 0 Å². The lowest BCUT2D eigenvalue weighted by atomic mass is 10.0. The van der Waals surface area contributed by atoms with Crippen LogP contribution >= 0.6 is 0 Å². The molecule has 0 amide bonds. The second kappa shape index (κ2) is 7.21. The van der Waals surface area contributed by atoms with Crippen LogP contribution < -0.4 is 5.73 Å². The number of rotatable bonds is 6. The van der Waals surface area contributed by atoms with Crippen molar-refractivity contribution in [3.05, 3.63) is 0 Å². The molecule has 3 heteroatoms. The van der Waals surface area contributed by atoms with Crippen LogP contribution in [0.1, 0.15) is 32.6 Å². The summed E-state index contributed by atoms with van der Waals surface area (Å²) in [6.45, 7) is 5.62. The first kappa shape index (κ1) is 12.0. The van der Waals surface area contributed by atoms with Crippen LogP contribution in [0.5, 0.6) is 0 Å². The molecule has 0 aromatic carbocycles. The van der Waals surface area contributed by atoms with E-state index in [1.165, 1.54) is 0 Å². The molecular formula is C11H23NO2. The Hall–Kier alpha value is -0.120. The van der Waals surface area contributed by atoms with Crippen molar-refractivity contribution in [2.24, 2.45) is 11.7 Å². The first-order chi connectivity index (χ1) is 6.83. The molecule has 0 bridgehead atoms. The van der Waals surface area contributed by atoms with Gasteiger partial charge in [-0.3, -0.25) is 0 Å². The Labute approximate surface area is 86.9 Å². The maximum atomic E-state index is 5.77. The number of nitrogens with two attached hydrogens (primary N) is 1. The van der Waals surface area contributed by atoms with Crippen molar-refractivity contribution in [3.63, 3.8) is 0 Å². The molecule has 1 atom stereocenters. The molecular weight excluding hydrogens is 178 g/mol. The summed E-state index contributed by atoms with van der Waals surface area (Å²) < 4.78 is 11.1. The summed E-state index contributed by atoms with van der Waals surface area (Å²) in [6.07, 6.45) is 4.82. The summed E-state index contributed by atoms with van der Waals surface area (Å²) in [7, 11) is 0. The van der Waals surface area contributed by atoms with Gasteiger partial charge in [0.15, 0.2) is 0 Å². The molecule has 1 fully saturated rings. The van der Waals surface area contributed by atoms with Crippen LogP contribution in [0.25, 0.3) is 0 Å². The highest BCUT2D eigenvalue weighted by molar-refractivity contribution is 4.63. The fourth-order valence-corrected chi connectivity index (χ4v) is 1.70. The van der Waals surface area contributed by atoms with Crippen molar-refractivity contribution < 1.29 is 9.47 Å². The lowest BCUT2D eigenvalue weighted by Crippen LogP contribution is -2.22. The smallest absolute Gasteiger partial charge is 0.0547 e.